The van der Waals surface area contributed by atoms with Gasteiger partial charge in [0.05, 0.1) is 0 Å². The van der Waals surface area contributed by atoms with Crippen LogP contribution >= 0.6 is 23.2 Å². The number of nitrogens with one attached hydrogen (secondary N) is 1. The van der Waals surface area contributed by atoms with Gasteiger partial charge in [-0.3, -0.25) is 0 Å². The number of benzene rings is 1. The van der Waals surface area contributed by atoms with Crippen LogP contribution in [0, 0.1) is 0 Å². The van der Waals surface area contributed by atoms with Gasteiger partial charge in [-0.1, -0.05) is 29.3 Å². The molecule has 0 radical (unpaired) electrons. The highest BCUT2D eigenvalue weighted by Gasteiger charge is 2.30. The maximum absolute atomic E-state index is 6.21. The van der Waals surface area contributed by atoms with Crippen LogP contribution in [0.15, 0.2) is 18.2 Å². The van der Waals surface area contributed by atoms with Crippen molar-refractivity contribution in [3.8, 4) is 0 Å². The number of hydrogen-bond acceptors (Lipinski definition) is 1. The Hall–Kier alpha value is -0.240. The van der Waals surface area contributed by atoms with Crippen LogP contribution in [0.2, 0.25) is 10.0 Å². The molecule has 0 spiro atoms. The highest BCUT2D eigenvalue weighted by molar-refractivity contribution is 6.35. The van der Waals surface area contributed by atoms with Crippen molar-refractivity contribution in [2.24, 2.45) is 0 Å². The van der Waals surface area contributed by atoms with Gasteiger partial charge in [0.25, 0.3) is 0 Å². The second-order valence-corrected chi connectivity index (χ2v) is 5.21. The van der Waals surface area contributed by atoms with Crippen LogP contribution in [0.4, 0.5) is 0 Å². The summed E-state index contributed by atoms with van der Waals surface area (Å²) in [6, 6.07) is 6.84. The van der Waals surface area contributed by atoms with Crippen LogP contribution in [0.3, 0.4) is 0 Å². The third-order valence-electron chi connectivity index (χ3n) is 3.12. The second kappa shape index (κ2) is 4.32. The van der Waals surface area contributed by atoms with Crippen molar-refractivity contribution in [2.45, 2.75) is 38.3 Å². The Balaban J connectivity index is 2.29. The molecule has 3 heteroatoms. The lowest BCUT2D eigenvalue weighted by molar-refractivity contribution is 0.575. The lowest BCUT2D eigenvalue weighted by Gasteiger charge is -2.16. The van der Waals surface area contributed by atoms with E-state index < -0.39 is 0 Å². The molecule has 1 aromatic carbocycles. The van der Waals surface area contributed by atoms with Gasteiger partial charge in [0.1, 0.15) is 0 Å². The van der Waals surface area contributed by atoms with Crippen molar-refractivity contribution in [1.29, 1.82) is 0 Å². The largest absolute Gasteiger partial charge is 0.311 e. The Morgan fingerprint density at radius 3 is 2.53 bits per heavy atom. The third-order valence-corrected chi connectivity index (χ3v) is 3.68. The Morgan fingerprint density at radius 2 is 2.00 bits per heavy atom. The van der Waals surface area contributed by atoms with Crippen LogP contribution in [0.5, 0.6) is 0 Å². The zero-order chi connectivity index (χ0) is 11.0. The van der Waals surface area contributed by atoms with E-state index in [4.69, 9.17) is 23.2 Å². The first-order chi connectivity index (χ1) is 7.08. The van der Waals surface area contributed by atoms with Gasteiger partial charge in [0, 0.05) is 28.0 Å². The maximum Gasteiger partial charge on any atom is 0.0456 e. The summed E-state index contributed by atoms with van der Waals surface area (Å²) in [5.74, 6) is 0.504. The molecule has 1 fully saturated rings. The average molecular weight is 244 g/mol. The van der Waals surface area contributed by atoms with Crippen LogP contribution in [0.1, 0.15) is 31.7 Å². The summed E-state index contributed by atoms with van der Waals surface area (Å²) >= 11 is 12.1. The molecular weight excluding hydrogens is 229 g/mol. The van der Waals surface area contributed by atoms with Crippen molar-refractivity contribution >= 4 is 23.2 Å². The molecule has 0 bridgehead atoms. The second-order valence-electron chi connectivity index (χ2n) is 4.36. The summed E-state index contributed by atoms with van der Waals surface area (Å²) < 4.78 is 0. The molecule has 3 unspecified atom stereocenters. The molecule has 1 aliphatic rings. The predicted molar refractivity (Wildman–Crippen MR) is 65.9 cm³/mol. The Morgan fingerprint density at radius 1 is 1.27 bits per heavy atom. The molecule has 0 saturated carbocycles. The number of rotatable bonds is 1. The number of halogens is 2. The molecule has 1 N–H and O–H groups in total. The molecule has 1 heterocycles. The summed E-state index contributed by atoms with van der Waals surface area (Å²) in [6.45, 7) is 4.42. The Bertz CT molecular complexity index is 365. The van der Waals surface area contributed by atoms with Crippen molar-refractivity contribution in [2.75, 3.05) is 0 Å². The van der Waals surface area contributed by atoms with Crippen LogP contribution in [0.25, 0.3) is 0 Å². The van der Waals surface area contributed by atoms with Gasteiger partial charge in [-0.05, 0) is 38.0 Å². The van der Waals surface area contributed by atoms with E-state index >= 15 is 0 Å². The molecule has 1 aromatic rings. The fourth-order valence-corrected chi connectivity index (χ4v) is 2.97. The Labute approximate surface area is 101 Å². The van der Waals surface area contributed by atoms with E-state index in [9.17, 15) is 0 Å². The maximum atomic E-state index is 6.21. The SMILES string of the molecule is CC1CC(c2ccc(Cl)cc2Cl)C(C)N1. The lowest BCUT2D eigenvalue weighted by atomic mass is 9.92. The minimum atomic E-state index is 0.485. The van der Waals surface area contributed by atoms with Crippen molar-refractivity contribution < 1.29 is 0 Å². The van der Waals surface area contributed by atoms with Crippen molar-refractivity contribution in [3.63, 3.8) is 0 Å². The minimum Gasteiger partial charge on any atom is -0.311 e. The molecular formula is C12H15Cl2N. The highest BCUT2D eigenvalue weighted by atomic mass is 35.5. The zero-order valence-electron chi connectivity index (χ0n) is 8.93. The predicted octanol–water partition coefficient (Wildman–Crippen LogP) is 3.85. The van der Waals surface area contributed by atoms with Gasteiger partial charge in [-0.2, -0.15) is 0 Å². The summed E-state index contributed by atoms with van der Waals surface area (Å²) in [7, 11) is 0. The fourth-order valence-electron chi connectivity index (χ4n) is 2.42. The standard InChI is InChI=1S/C12H15Cl2N/c1-7-5-11(8(2)15-7)10-4-3-9(13)6-12(10)14/h3-4,6-8,11,15H,5H2,1-2H3. The van der Waals surface area contributed by atoms with Crippen LogP contribution < -0.4 is 5.32 Å². The summed E-state index contributed by atoms with van der Waals surface area (Å²) in [5.41, 5.74) is 1.21. The third kappa shape index (κ3) is 2.30. The topological polar surface area (TPSA) is 12.0 Å². The first kappa shape index (κ1) is 11.3. The Kier molecular flexibility index (Phi) is 3.24. The molecule has 3 atom stereocenters. The smallest absolute Gasteiger partial charge is 0.0456 e. The molecule has 1 saturated heterocycles. The molecule has 1 nitrogen and oxygen atoms in total. The van der Waals surface area contributed by atoms with E-state index in [-0.39, 0.29) is 0 Å². The molecule has 2 rings (SSSR count). The molecule has 1 aliphatic heterocycles. The van der Waals surface area contributed by atoms with E-state index in [1.54, 1.807) is 0 Å². The molecule has 0 amide bonds. The first-order valence-corrected chi connectivity index (χ1v) is 6.04. The van der Waals surface area contributed by atoms with E-state index in [1.165, 1.54) is 5.56 Å². The van der Waals surface area contributed by atoms with E-state index in [0.29, 0.717) is 23.0 Å². The molecule has 0 aromatic heterocycles. The zero-order valence-corrected chi connectivity index (χ0v) is 10.4. The minimum absolute atomic E-state index is 0.485. The quantitative estimate of drug-likeness (QED) is 0.791. The summed E-state index contributed by atoms with van der Waals surface area (Å²) in [6.07, 6.45) is 1.14. The van der Waals surface area contributed by atoms with Crippen molar-refractivity contribution in [1.82, 2.24) is 5.32 Å². The first-order valence-electron chi connectivity index (χ1n) is 5.29. The fraction of sp³-hybridized carbons (Fsp3) is 0.500. The van der Waals surface area contributed by atoms with Gasteiger partial charge >= 0.3 is 0 Å². The number of hydrogen-bond donors (Lipinski definition) is 1. The van der Waals surface area contributed by atoms with E-state index in [1.807, 2.05) is 18.2 Å². The van der Waals surface area contributed by atoms with Gasteiger partial charge in [-0.15, -0.1) is 0 Å². The van der Waals surface area contributed by atoms with E-state index in [2.05, 4.69) is 19.2 Å². The molecule has 82 valence electrons. The monoisotopic (exact) mass is 243 g/mol. The van der Waals surface area contributed by atoms with Crippen molar-refractivity contribution in [3.05, 3.63) is 33.8 Å². The average Bonchev–Trinajstić information content (AvgIpc) is 2.45. The van der Waals surface area contributed by atoms with Gasteiger partial charge < -0.3 is 5.32 Å². The van der Waals surface area contributed by atoms with Crippen LogP contribution in [-0.4, -0.2) is 12.1 Å². The normalized spacial score (nSPS) is 30.8. The summed E-state index contributed by atoms with van der Waals surface area (Å²) in [4.78, 5) is 0. The highest BCUT2D eigenvalue weighted by Crippen LogP contribution is 2.35. The molecule has 15 heavy (non-hydrogen) atoms. The summed E-state index contributed by atoms with van der Waals surface area (Å²) in [5, 5.41) is 5.01. The molecule has 0 aliphatic carbocycles. The van der Waals surface area contributed by atoms with Gasteiger partial charge in [0.2, 0.25) is 0 Å². The van der Waals surface area contributed by atoms with Crippen LogP contribution in [-0.2, 0) is 0 Å². The lowest BCUT2D eigenvalue weighted by Crippen LogP contribution is -2.26. The van der Waals surface area contributed by atoms with Gasteiger partial charge in [0.15, 0.2) is 0 Å². The van der Waals surface area contributed by atoms with Gasteiger partial charge in [-0.25, -0.2) is 0 Å². The van der Waals surface area contributed by atoms with E-state index in [0.717, 1.165) is 11.4 Å².